The molecular weight excluding hydrogens is 426 g/mol. The molecular formula is C24H25N3O2S2. The first-order chi connectivity index (χ1) is 15.2. The summed E-state index contributed by atoms with van der Waals surface area (Å²) in [5, 5.41) is 4.23. The molecule has 0 aliphatic carbocycles. The van der Waals surface area contributed by atoms with Crippen molar-refractivity contribution in [1.82, 2.24) is 4.98 Å². The molecule has 0 saturated heterocycles. The van der Waals surface area contributed by atoms with Crippen molar-refractivity contribution in [3.63, 3.8) is 0 Å². The van der Waals surface area contributed by atoms with Crippen LogP contribution in [0.15, 0.2) is 76.7 Å². The number of para-hydroxylation sites is 1. The van der Waals surface area contributed by atoms with Gasteiger partial charge in [-0.2, -0.15) is 0 Å². The molecule has 2 heterocycles. The normalized spacial score (nSPS) is 15.4. The van der Waals surface area contributed by atoms with Crippen molar-refractivity contribution in [2.24, 2.45) is 4.99 Å². The minimum Gasteiger partial charge on any atom is -0.496 e. The van der Waals surface area contributed by atoms with E-state index in [-0.39, 0.29) is 0 Å². The Hall–Kier alpha value is -2.64. The number of methoxy groups -OCH3 is 1. The Morgan fingerprint density at radius 3 is 2.68 bits per heavy atom. The molecule has 0 radical (unpaired) electrons. The number of thioether (sulfide) groups is 2. The summed E-state index contributed by atoms with van der Waals surface area (Å²) in [6.45, 7) is 2.59. The molecule has 31 heavy (non-hydrogen) atoms. The molecule has 0 fully saturated rings. The summed E-state index contributed by atoms with van der Waals surface area (Å²) in [6.07, 6.45) is 1.88. The number of benzene rings is 2. The zero-order valence-electron chi connectivity index (χ0n) is 17.6. The third-order valence-corrected chi connectivity index (χ3v) is 6.82. The first kappa shape index (κ1) is 21.6. The largest absolute Gasteiger partial charge is 0.496 e. The van der Waals surface area contributed by atoms with Crippen LogP contribution < -0.4 is 14.8 Å². The number of hydrogen-bond donors (Lipinski definition) is 1. The van der Waals surface area contributed by atoms with E-state index >= 15 is 0 Å². The summed E-state index contributed by atoms with van der Waals surface area (Å²) in [6, 6.07) is 20.6. The Bertz CT molecular complexity index is 1040. The molecule has 0 saturated carbocycles. The lowest BCUT2D eigenvalue weighted by Gasteiger charge is -2.14. The summed E-state index contributed by atoms with van der Waals surface area (Å²) in [4.78, 5) is 10.3. The van der Waals surface area contributed by atoms with Crippen LogP contribution in [0.5, 0.6) is 11.5 Å². The van der Waals surface area contributed by atoms with Gasteiger partial charge in [-0.1, -0.05) is 60.3 Å². The average molecular weight is 452 g/mol. The highest BCUT2D eigenvalue weighted by molar-refractivity contribution is 8.14. The Morgan fingerprint density at radius 1 is 1.10 bits per heavy atom. The number of rotatable bonds is 8. The minimum atomic E-state index is 0.317. The highest BCUT2D eigenvalue weighted by atomic mass is 32.2. The Morgan fingerprint density at radius 2 is 1.90 bits per heavy atom. The van der Waals surface area contributed by atoms with Crippen molar-refractivity contribution in [2.45, 2.75) is 30.2 Å². The molecule has 1 aromatic heterocycles. The third-order valence-electron chi connectivity index (χ3n) is 4.68. The summed E-state index contributed by atoms with van der Waals surface area (Å²) in [7, 11) is 1.70. The smallest absolute Gasteiger partial charge is 0.174 e. The van der Waals surface area contributed by atoms with Crippen LogP contribution in [0.4, 0.5) is 5.82 Å². The van der Waals surface area contributed by atoms with E-state index in [0.717, 1.165) is 44.2 Å². The van der Waals surface area contributed by atoms with Gasteiger partial charge in [-0.25, -0.2) is 4.98 Å². The average Bonchev–Trinajstić information content (AvgIpc) is 3.22. The standard InChI is InChI=1S/C24H25N3O2S2/c1-17-15-31-24(26-17)27-23-22(29-14-18-8-4-3-5-9-18)12-20(13-25-23)30-16-19-10-6-7-11-21(19)28-2/h3-13,17H,14-16H2,1-2H3,(H,25,26,27). The van der Waals surface area contributed by atoms with E-state index in [1.165, 1.54) is 0 Å². The Kier molecular flexibility index (Phi) is 7.38. The Labute approximate surface area is 191 Å². The van der Waals surface area contributed by atoms with Crippen LogP contribution in [-0.2, 0) is 12.4 Å². The molecule has 3 aromatic rings. The molecule has 160 valence electrons. The van der Waals surface area contributed by atoms with Crippen LogP contribution in [0.1, 0.15) is 18.1 Å². The van der Waals surface area contributed by atoms with Crippen LogP contribution in [0.3, 0.4) is 0 Å². The molecule has 7 heteroatoms. The maximum atomic E-state index is 6.17. The second-order valence-electron chi connectivity index (χ2n) is 7.11. The SMILES string of the molecule is COc1ccccc1CSc1cnc(NC2=NC(C)CS2)c(OCc2ccccc2)c1. The van der Waals surface area contributed by atoms with Crippen molar-refractivity contribution < 1.29 is 9.47 Å². The number of amidine groups is 1. The summed E-state index contributed by atoms with van der Waals surface area (Å²) in [5.74, 6) is 4.08. The van der Waals surface area contributed by atoms with E-state index in [9.17, 15) is 0 Å². The topological polar surface area (TPSA) is 55.7 Å². The first-order valence-electron chi connectivity index (χ1n) is 10.1. The number of anilines is 1. The van der Waals surface area contributed by atoms with E-state index in [2.05, 4.69) is 40.4 Å². The van der Waals surface area contributed by atoms with Crippen molar-refractivity contribution >= 4 is 34.5 Å². The lowest BCUT2D eigenvalue weighted by molar-refractivity contribution is 0.306. The van der Waals surface area contributed by atoms with Gasteiger partial charge in [0.05, 0.1) is 13.2 Å². The maximum absolute atomic E-state index is 6.17. The van der Waals surface area contributed by atoms with Gasteiger partial charge in [0.2, 0.25) is 0 Å². The fourth-order valence-corrected chi connectivity index (χ4v) is 4.85. The van der Waals surface area contributed by atoms with Crippen LogP contribution in [0.25, 0.3) is 0 Å². The van der Waals surface area contributed by atoms with E-state index in [1.807, 2.05) is 48.7 Å². The predicted molar refractivity (Wildman–Crippen MR) is 131 cm³/mol. The lowest BCUT2D eigenvalue weighted by Crippen LogP contribution is -2.09. The molecule has 0 bridgehead atoms. The fraction of sp³-hybridized carbons (Fsp3) is 0.250. The van der Waals surface area contributed by atoms with Gasteiger partial charge in [-0.3, -0.25) is 4.99 Å². The van der Waals surface area contributed by atoms with Crippen LogP contribution in [0.2, 0.25) is 0 Å². The van der Waals surface area contributed by atoms with Gasteiger partial charge in [0.25, 0.3) is 0 Å². The van der Waals surface area contributed by atoms with E-state index in [4.69, 9.17) is 9.47 Å². The van der Waals surface area contributed by atoms with Gasteiger partial charge in [-0.15, -0.1) is 11.8 Å². The number of aliphatic imine (C=N–C) groups is 1. The van der Waals surface area contributed by atoms with Gasteiger partial charge in [0.15, 0.2) is 16.7 Å². The number of ether oxygens (including phenoxy) is 2. The lowest BCUT2D eigenvalue weighted by atomic mass is 10.2. The zero-order chi connectivity index (χ0) is 21.5. The molecule has 0 amide bonds. The number of aromatic nitrogens is 1. The Balaban J connectivity index is 1.51. The third kappa shape index (κ3) is 5.95. The number of pyridine rings is 1. The molecule has 1 aliphatic rings. The maximum Gasteiger partial charge on any atom is 0.174 e. The first-order valence-corrected chi connectivity index (χ1v) is 12.1. The van der Waals surface area contributed by atoms with Gasteiger partial charge in [-0.05, 0) is 24.6 Å². The van der Waals surface area contributed by atoms with Crippen molar-refractivity contribution in [3.05, 3.63) is 78.0 Å². The number of hydrogen-bond acceptors (Lipinski definition) is 7. The highest BCUT2D eigenvalue weighted by Crippen LogP contribution is 2.33. The van der Waals surface area contributed by atoms with Gasteiger partial charge >= 0.3 is 0 Å². The second-order valence-corrected chi connectivity index (χ2v) is 9.17. The zero-order valence-corrected chi connectivity index (χ0v) is 19.2. The van der Waals surface area contributed by atoms with Gasteiger partial charge < -0.3 is 14.8 Å². The van der Waals surface area contributed by atoms with Crippen molar-refractivity contribution in [3.8, 4) is 11.5 Å². The molecule has 5 nitrogen and oxygen atoms in total. The summed E-state index contributed by atoms with van der Waals surface area (Å²) in [5.41, 5.74) is 2.26. The number of nitrogens with zero attached hydrogens (tertiary/aromatic N) is 2. The van der Waals surface area contributed by atoms with E-state index in [0.29, 0.717) is 18.5 Å². The summed E-state index contributed by atoms with van der Waals surface area (Å²) < 4.78 is 11.6. The van der Waals surface area contributed by atoms with Crippen LogP contribution in [-0.4, -0.2) is 29.1 Å². The van der Waals surface area contributed by atoms with Crippen molar-refractivity contribution in [1.29, 1.82) is 0 Å². The van der Waals surface area contributed by atoms with E-state index < -0.39 is 0 Å². The molecule has 1 unspecified atom stereocenters. The number of nitrogens with one attached hydrogen (secondary N) is 1. The molecule has 0 spiro atoms. The summed E-state index contributed by atoms with van der Waals surface area (Å²) >= 11 is 3.41. The molecule has 1 atom stereocenters. The van der Waals surface area contributed by atoms with Crippen LogP contribution >= 0.6 is 23.5 Å². The van der Waals surface area contributed by atoms with Crippen molar-refractivity contribution in [2.75, 3.05) is 18.2 Å². The minimum absolute atomic E-state index is 0.317. The molecule has 2 aromatic carbocycles. The van der Waals surface area contributed by atoms with Gasteiger partial charge in [0.1, 0.15) is 12.4 Å². The van der Waals surface area contributed by atoms with E-state index in [1.54, 1.807) is 30.6 Å². The predicted octanol–water partition coefficient (Wildman–Crippen LogP) is 5.86. The highest BCUT2D eigenvalue weighted by Gasteiger charge is 2.17. The second kappa shape index (κ2) is 10.6. The fourth-order valence-electron chi connectivity index (χ4n) is 3.07. The van der Waals surface area contributed by atoms with Crippen LogP contribution in [0, 0.1) is 0 Å². The molecule has 1 aliphatic heterocycles. The molecule has 1 N–H and O–H groups in total. The monoisotopic (exact) mass is 451 g/mol. The van der Waals surface area contributed by atoms with Gasteiger partial charge in [0, 0.05) is 28.2 Å². The quantitative estimate of drug-likeness (QED) is 0.433. The molecule has 4 rings (SSSR count).